The lowest BCUT2D eigenvalue weighted by molar-refractivity contribution is -0.143. The second-order valence-electron chi connectivity index (χ2n) is 19.0. The van der Waals surface area contributed by atoms with Crippen molar-refractivity contribution in [1.82, 2.24) is 39.8 Å². The summed E-state index contributed by atoms with van der Waals surface area (Å²) in [6, 6.07) is 22.9. The Bertz CT molecular complexity index is 3290. The highest BCUT2D eigenvalue weighted by Gasteiger charge is 2.46. The first-order valence-electron chi connectivity index (χ1n) is 25.4. The van der Waals surface area contributed by atoms with Gasteiger partial charge in [0.15, 0.2) is 11.4 Å². The van der Waals surface area contributed by atoms with Crippen LogP contribution in [-0.2, 0) is 50.4 Å². The van der Waals surface area contributed by atoms with Crippen molar-refractivity contribution in [2.45, 2.75) is 64.9 Å². The van der Waals surface area contributed by atoms with Gasteiger partial charge in [-0.1, -0.05) is 50.2 Å². The van der Waals surface area contributed by atoms with Crippen molar-refractivity contribution in [2.75, 3.05) is 59.4 Å². The van der Waals surface area contributed by atoms with Crippen LogP contribution in [-0.4, -0.2) is 141 Å². The van der Waals surface area contributed by atoms with Crippen LogP contribution in [0.5, 0.6) is 11.5 Å². The SMILES string of the molecule is Cc1ncsc1-c1ccc(CNC(=O)[C@H]2C[C@H](O)CN2C(=O)[C@@H](C(C)C)N2Cc3ccccc3C2=O)c(OCCOCCOCCOCCOc2ccc(C(=O)Cc3ccc4oc(-c5ccc(=O)n(C)n5)nc4c3)nc2)c1. The van der Waals surface area contributed by atoms with Gasteiger partial charge >= 0.3 is 0 Å². The third-order valence-corrected chi connectivity index (χ3v) is 14.2. The van der Waals surface area contributed by atoms with E-state index in [0.29, 0.717) is 84.7 Å². The fraction of sp³-hybridized carbons (Fsp3) is 0.375. The molecule has 0 unspecified atom stereocenters. The smallest absolute Gasteiger partial charge is 0.266 e. The van der Waals surface area contributed by atoms with Crippen LogP contribution in [0, 0.1) is 12.8 Å². The predicted octanol–water partition coefficient (Wildman–Crippen LogP) is 5.61. The van der Waals surface area contributed by atoms with E-state index < -0.39 is 24.1 Å². The number of carbonyl (C=O) groups excluding carboxylic acids is 4. The van der Waals surface area contributed by atoms with Crippen LogP contribution in [0.2, 0.25) is 0 Å². The number of aromatic nitrogens is 5. The largest absolute Gasteiger partial charge is 0.491 e. The van der Waals surface area contributed by atoms with Gasteiger partial charge in [-0.25, -0.2) is 19.6 Å². The van der Waals surface area contributed by atoms with Gasteiger partial charge in [-0.2, -0.15) is 5.10 Å². The van der Waals surface area contributed by atoms with Gasteiger partial charge < -0.3 is 48.3 Å². The van der Waals surface area contributed by atoms with Crippen molar-refractivity contribution in [2.24, 2.45) is 13.0 Å². The van der Waals surface area contributed by atoms with Crippen LogP contribution >= 0.6 is 11.3 Å². The van der Waals surface area contributed by atoms with Gasteiger partial charge in [0.05, 0.1) is 68.0 Å². The third kappa shape index (κ3) is 13.1. The van der Waals surface area contributed by atoms with Gasteiger partial charge in [-0.05, 0) is 72.0 Å². The number of likely N-dealkylation sites (tertiary alicyclic amines) is 1. The van der Waals surface area contributed by atoms with E-state index in [9.17, 15) is 29.1 Å². The molecule has 4 aromatic heterocycles. The molecule has 0 radical (unpaired) electrons. The number of fused-ring (bicyclic) bond motifs is 2. The van der Waals surface area contributed by atoms with Gasteiger partial charge in [-0.3, -0.25) is 24.0 Å². The number of thiazole rings is 1. The zero-order valence-corrected chi connectivity index (χ0v) is 44.0. The summed E-state index contributed by atoms with van der Waals surface area (Å²) in [7, 11) is 1.55. The number of benzene rings is 3. The van der Waals surface area contributed by atoms with Crippen molar-refractivity contribution in [1.29, 1.82) is 0 Å². The van der Waals surface area contributed by atoms with E-state index in [0.717, 1.165) is 27.3 Å². The molecule has 1 fully saturated rings. The van der Waals surface area contributed by atoms with Crippen LogP contribution < -0.4 is 20.3 Å². The number of aliphatic hydroxyl groups is 1. The molecule has 6 heterocycles. The van der Waals surface area contributed by atoms with Crippen LogP contribution in [0.3, 0.4) is 0 Å². The molecule has 0 spiro atoms. The number of nitrogens with one attached hydrogen (secondary N) is 1. The van der Waals surface area contributed by atoms with Crippen molar-refractivity contribution in [3.63, 3.8) is 0 Å². The molecule has 77 heavy (non-hydrogen) atoms. The second kappa shape index (κ2) is 25.0. The molecule has 402 valence electrons. The maximum Gasteiger partial charge on any atom is 0.266 e. The molecule has 0 bridgehead atoms. The zero-order valence-electron chi connectivity index (χ0n) is 43.2. The Labute approximate surface area is 447 Å². The van der Waals surface area contributed by atoms with E-state index in [4.69, 9.17) is 28.1 Å². The molecule has 20 nitrogen and oxygen atoms in total. The number of ether oxygens (including phenoxy) is 5. The standard InChI is InChI=1S/C56H60N8O12S/c1-34(2)51(64-31-39-7-5-6-8-42(39)55(64)69)56(70)63-32-40(65)28-46(63)53(68)58-29-38-11-10-37(52-35(3)59-33-77-52)27-49(38)75-24-22-73-20-18-71-17-19-72-21-23-74-41-12-13-43(57-30-41)47(66)26-36-9-15-48-45(25-36)60-54(76-48)44-14-16-50(67)62(4)61-44/h5-16,25,27,30,33-34,40,46,51,65H,17-24,26,28-29,31-32H2,1-4H3,(H,58,68)/t40-,46+,51+/m0/s1. The average Bonchev–Trinajstić information content (AvgIpc) is 4.23. The highest BCUT2D eigenvalue weighted by atomic mass is 32.1. The van der Waals surface area contributed by atoms with E-state index in [2.05, 4.69) is 25.4 Å². The summed E-state index contributed by atoms with van der Waals surface area (Å²) < 4.78 is 36.1. The minimum Gasteiger partial charge on any atom is -0.491 e. The molecule has 2 aliphatic heterocycles. The summed E-state index contributed by atoms with van der Waals surface area (Å²) >= 11 is 1.52. The molecule has 21 heteroatoms. The normalized spacial score (nSPS) is 15.6. The van der Waals surface area contributed by atoms with Crippen LogP contribution in [0.15, 0.2) is 106 Å². The Hall–Kier alpha value is -7.69. The highest BCUT2D eigenvalue weighted by molar-refractivity contribution is 7.13. The monoisotopic (exact) mass is 1070 g/mol. The molecular weight excluding hydrogens is 1010 g/mol. The van der Waals surface area contributed by atoms with Gasteiger partial charge in [0.1, 0.15) is 53.7 Å². The summed E-state index contributed by atoms with van der Waals surface area (Å²) in [4.78, 5) is 83.5. The first-order valence-corrected chi connectivity index (χ1v) is 26.3. The van der Waals surface area contributed by atoms with Gasteiger partial charge in [0.2, 0.25) is 17.7 Å². The van der Waals surface area contributed by atoms with E-state index >= 15 is 0 Å². The van der Waals surface area contributed by atoms with E-state index in [-0.39, 0.29) is 80.7 Å². The topological polar surface area (TPSA) is 240 Å². The fourth-order valence-corrected chi connectivity index (χ4v) is 10.1. The number of nitrogens with zero attached hydrogens (tertiary/aromatic N) is 7. The lowest BCUT2D eigenvalue weighted by Gasteiger charge is -2.35. The quantitative estimate of drug-likeness (QED) is 0.0523. The number of aryl methyl sites for hydroxylation is 2. The average molecular weight is 1070 g/mol. The van der Waals surface area contributed by atoms with Gasteiger partial charge in [0, 0.05) is 56.7 Å². The summed E-state index contributed by atoms with van der Waals surface area (Å²) in [5.41, 5.74) is 8.03. The van der Waals surface area contributed by atoms with Crippen LogP contribution in [0.4, 0.5) is 0 Å². The lowest BCUT2D eigenvalue weighted by atomic mass is 10.0. The third-order valence-electron chi connectivity index (χ3n) is 13.2. The predicted molar refractivity (Wildman–Crippen MR) is 283 cm³/mol. The maximum absolute atomic E-state index is 14.2. The van der Waals surface area contributed by atoms with Crippen molar-refractivity contribution in [3.8, 4) is 33.5 Å². The van der Waals surface area contributed by atoms with Gasteiger partial charge in [0.25, 0.3) is 11.5 Å². The Balaban J connectivity index is 0.669. The molecular formula is C56H60N8O12S. The number of aliphatic hydroxyl groups excluding tert-OH is 1. The maximum atomic E-state index is 14.2. The number of amides is 3. The minimum absolute atomic E-state index is 0.0125. The minimum atomic E-state index is -0.925. The summed E-state index contributed by atoms with van der Waals surface area (Å²) in [5.74, 6) is -0.0863. The number of rotatable bonds is 25. The molecule has 3 aromatic carbocycles. The molecule has 3 amide bonds. The number of Topliss-reactive ketones (excluding diaryl/α,β-unsaturated/α-hetero) is 1. The number of hydrogen-bond acceptors (Lipinski definition) is 17. The van der Waals surface area contributed by atoms with Gasteiger partial charge in [-0.15, -0.1) is 11.3 Å². The number of β-amino-alcohol motifs (C(OH)–C–C–N with tert-alkyl or cyclic N) is 1. The molecule has 0 saturated carbocycles. The number of hydrogen-bond donors (Lipinski definition) is 2. The number of carbonyl (C=O) groups is 4. The highest BCUT2D eigenvalue weighted by Crippen LogP contribution is 2.34. The number of ketones is 1. The zero-order chi connectivity index (χ0) is 54.0. The molecule has 7 aromatic rings. The summed E-state index contributed by atoms with van der Waals surface area (Å²) in [6.07, 6.45) is 0.793. The number of pyridine rings is 1. The van der Waals surface area contributed by atoms with E-state index in [1.54, 1.807) is 66.0 Å². The van der Waals surface area contributed by atoms with Crippen LogP contribution in [0.25, 0.3) is 33.1 Å². The fourth-order valence-electron chi connectivity index (χ4n) is 9.30. The van der Waals surface area contributed by atoms with Crippen molar-refractivity contribution in [3.05, 3.63) is 141 Å². The second-order valence-corrected chi connectivity index (χ2v) is 19.9. The van der Waals surface area contributed by atoms with E-state index in [1.165, 1.54) is 33.2 Å². The number of oxazole rings is 1. The van der Waals surface area contributed by atoms with Crippen LogP contribution in [0.1, 0.15) is 63.5 Å². The molecule has 9 rings (SSSR count). The summed E-state index contributed by atoms with van der Waals surface area (Å²) in [5, 5.41) is 17.9. The molecule has 0 aliphatic carbocycles. The Morgan fingerprint density at radius 3 is 2.32 bits per heavy atom. The molecule has 2 aliphatic rings. The summed E-state index contributed by atoms with van der Waals surface area (Å²) in [6.45, 7) is 8.54. The molecule has 1 saturated heterocycles. The molecule has 3 atom stereocenters. The first-order chi connectivity index (χ1) is 37.3. The van der Waals surface area contributed by atoms with E-state index in [1.807, 2.05) is 51.1 Å². The lowest BCUT2D eigenvalue weighted by Crippen LogP contribution is -2.55. The first kappa shape index (κ1) is 54.1. The Morgan fingerprint density at radius 1 is 0.870 bits per heavy atom. The Morgan fingerprint density at radius 2 is 1.62 bits per heavy atom. The van der Waals surface area contributed by atoms with Crippen molar-refractivity contribution >= 4 is 45.9 Å². The molecule has 2 N–H and O–H groups in total. The Kier molecular flexibility index (Phi) is 17.6. The van der Waals surface area contributed by atoms with Crippen molar-refractivity contribution < 1.29 is 52.4 Å².